The Kier molecular flexibility index (Phi) is 3.98. The number of thiophene rings is 1. The van der Waals surface area contributed by atoms with E-state index in [1.54, 1.807) is 11.3 Å². The van der Waals surface area contributed by atoms with E-state index in [1.807, 2.05) is 12.1 Å². The summed E-state index contributed by atoms with van der Waals surface area (Å²) in [7, 11) is 0. The Morgan fingerprint density at radius 3 is 2.92 bits per heavy atom. The normalized spacial score (nSPS) is 21.5. The topological polar surface area (TPSA) is 68.2 Å². The quantitative estimate of drug-likeness (QED) is 0.717. The third kappa shape index (κ3) is 3.01. The van der Waals surface area contributed by atoms with Gasteiger partial charge >= 0.3 is 0 Å². The van der Waals surface area contributed by atoms with Gasteiger partial charge in [0.2, 0.25) is 0 Å². The number of likely N-dealkylation sites (tertiary alicyclic amines) is 1. The van der Waals surface area contributed by atoms with Crippen LogP contribution >= 0.6 is 11.3 Å². The highest BCUT2D eigenvalue weighted by Gasteiger charge is 2.27. The molecule has 136 valence electrons. The number of rotatable bonds is 4. The molecule has 2 N–H and O–H groups in total. The van der Waals surface area contributed by atoms with Crippen molar-refractivity contribution in [1.29, 1.82) is 0 Å². The first kappa shape index (κ1) is 16.3. The van der Waals surface area contributed by atoms with Crippen molar-refractivity contribution in [1.82, 2.24) is 14.9 Å². The van der Waals surface area contributed by atoms with Gasteiger partial charge in [0.15, 0.2) is 11.6 Å². The Morgan fingerprint density at radius 1 is 1.23 bits per heavy atom. The van der Waals surface area contributed by atoms with Crippen LogP contribution in [-0.2, 0) is 6.54 Å². The van der Waals surface area contributed by atoms with Gasteiger partial charge in [-0.05, 0) is 57.4 Å². The van der Waals surface area contributed by atoms with Crippen molar-refractivity contribution in [2.45, 2.75) is 57.5 Å². The van der Waals surface area contributed by atoms with Gasteiger partial charge in [-0.15, -0.1) is 11.3 Å². The van der Waals surface area contributed by atoms with Crippen molar-refractivity contribution in [3.63, 3.8) is 0 Å². The van der Waals surface area contributed by atoms with E-state index in [4.69, 9.17) is 15.1 Å². The van der Waals surface area contributed by atoms with Crippen LogP contribution < -0.4 is 5.73 Å². The van der Waals surface area contributed by atoms with E-state index >= 15 is 0 Å². The zero-order valence-corrected chi connectivity index (χ0v) is 15.9. The van der Waals surface area contributed by atoms with Crippen molar-refractivity contribution in [3.8, 4) is 11.6 Å². The van der Waals surface area contributed by atoms with E-state index in [0.29, 0.717) is 23.6 Å². The maximum Gasteiger partial charge on any atom is 0.199 e. The van der Waals surface area contributed by atoms with Gasteiger partial charge in [-0.3, -0.25) is 4.90 Å². The molecule has 2 fully saturated rings. The van der Waals surface area contributed by atoms with Crippen LogP contribution in [0.2, 0.25) is 0 Å². The molecular weight excluding hydrogens is 344 g/mol. The van der Waals surface area contributed by atoms with Gasteiger partial charge in [-0.2, -0.15) is 0 Å². The minimum absolute atomic E-state index is 0.545. The fourth-order valence-electron chi connectivity index (χ4n) is 3.83. The Balaban J connectivity index is 1.44. The average Bonchev–Trinajstić information content (AvgIpc) is 3.21. The molecule has 1 saturated heterocycles. The number of aromatic nitrogens is 2. The van der Waals surface area contributed by atoms with Crippen LogP contribution in [0, 0.1) is 0 Å². The number of fused-ring (bicyclic) bond motifs is 1. The van der Waals surface area contributed by atoms with Crippen LogP contribution in [-0.4, -0.2) is 27.5 Å². The average molecular weight is 369 g/mol. The van der Waals surface area contributed by atoms with E-state index in [9.17, 15) is 0 Å². The highest BCUT2D eigenvalue weighted by molar-refractivity contribution is 7.18. The van der Waals surface area contributed by atoms with Crippen molar-refractivity contribution < 1.29 is 4.42 Å². The zero-order chi connectivity index (χ0) is 17.7. The van der Waals surface area contributed by atoms with Crippen LogP contribution in [0.1, 0.15) is 55.6 Å². The molecule has 2 aliphatic rings. The fourth-order valence-corrected chi connectivity index (χ4v) is 4.90. The molecule has 26 heavy (non-hydrogen) atoms. The Bertz CT molecular complexity index is 943. The molecule has 0 bridgehead atoms. The van der Waals surface area contributed by atoms with Crippen LogP contribution in [0.3, 0.4) is 0 Å². The van der Waals surface area contributed by atoms with Crippen LogP contribution in [0.5, 0.6) is 0 Å². The molecule has 1 aliphatic heterocycles. The van der Waals surface area contributed by atoms with Crippen LogP contribution in [0.25, 0.3) is 21.8 Å². The first-order chi connectivity index (χ1) is 12.7. The van der Waals surface area contributed by atoms with E-state index in [1.165, 1.54) is 43.5 Å². The van der Waals surface area contributed by atoms with Gasteiger partial charge in [-0.1, -0.05) is 6.42 Å². The molecule has 1 aliphatic carbocycles. The number of furan rings is 1. The summed E-state index contributed by atoms with van der Waals surface area (Å²) in [6, 6.07) is 6.84. The molecule has 0 aromatic carbocycles. The molecule has 5 nitrogen and oxygen atoms in total. The Labute approximate surface area is 157 Å². The molecule has 1 atom stereocenters. The maximum absolute atomic E-state index is 6.25. The zero-order valence-electron chi connectivity index (χ0n) is 15.1. The smallest absolute Gasteiger partial charge is 0.199 e. The molecule has 4 heterocycles. The summed E-state index contributed by atoms with van der Waals surface area (Å²) in [6.45, 7) is 4.48. The summed E-state index contributed by atoms with van der Waals surface area (Å²) in [4.78, 5) is 14.1. The third-order valence-corrected chi connectivity index (χ3v) is 6.61. The number of nitrogen functional groups attached to an aromatic ring is 1. The predicted octanol–water partition coefficient (Wildman–Crippen LogP) is 4.79. The summed E-state index contributed by atoms with van der Waals surface area (Å²) >= 11 is 1.73. The third-order valence-electron chi connectivity index (χ3n) is 5.60. The number of piperidine rings is 1. The van der Waals surface area contributed by atoms with Gasteiger partial charge in [0.05, 0.1) is 5.39 Å². The monoisotopic (exact) mass is 368 g/mol. The van der Waals surface area contributed by atoms with E-state index in [2.05, 4.69) is 22.9 Å². The molecule has 3 aromatic rings. The SMILES string of the molecule is C[C@H]1CCCCN1Cc1cc2c(N)nc(-c3ccc(C4CC4)o3)nc2s1. The summed E-state index contributed by atoms with van der Waals surface area (Å²) in [5, 5.41) is 0.965. The molecule has 6 heteroatoms. The number of hydrogen-bond acceptors (Lipinski definition) is 6. The highest BCUT2D eigenvalue weighted by atomic mass is 32.1. The van der Waals surface area contributed by atoms with Crippen molar-refractivity contribution in [2.75, 3.05) is 12.3 Å². The van der Waals surface area contributed by atoms with Crippen molar-refractivity contribution in [2.24, 2.45) is 0 Å². The number of nitrogens with zero attached hydrogens (tertiary/aromatic N) is 3. The molecular formula is C20H24N4OS. The lowest BCUT2D eigenvalue weighted by Crippen LogP contribution is -2.36. The predicted molar refractivity (Wildman–Crippen MR) is 105 cm³/mol. The summed E-state index contributed by atoms with van der Waals surface area (Å²) in [5.41, 5.74) is 6.25. The Morgan fingerprint density at radius 2 is 2.12 bits per heavy atom. The molecule has 0 unspecified atom stereocenters. The fraction of sp³-hybridized carbons (Fsp3) is 0.500. The molecule has 5 rings (SSSR count). The van der Waals surface area contributed by atoms with Crippen LogP contribution in [0.4, 0.5) is 5.82 Å². The number of anilines is 1. The molecule has 0 spiro atoms. The van der Waals surface area contributed by atoms with Gasteiger partial charge in [0.1, 0.15) is 16.4 Å². The number of hydrogen-bond donors (Lipinski definition) is 1. The first-order valence-corrected chi connectivity index (χ1v) is 10.4. The first-order valence-electron chi connectivity index (χ1n) is 9.57. The largest absolute Gasteiger partial charge is 0.457 e. The summed E-state index contributed by atoms with van der Waals surface area (Å²) in [5.74, 6) is 3.50. The maximum atomic E-state index is 6.25. The Hall–Kier alpha value is -1.92. The van der Waals surface area contributed by atoms with Crippen molar-refractivity contribution >= 4 is 27.4 Å². The van der Waals surface area contributed by atoms with Gasteiger partial charge in [0, 0.05) is 23.4 Å². The van der Waals surface area contributed by atoms with Gasteiger partial charge in [-0.25, -0.2) is 9.97 Å². The second kappa shape index (κ2) is 6.35. The molecule has 0 radical (unpaired) electrons. The molecule has 0 amide bonds. The lowest BCUT2D eigenvalue weighted by atomic mass is 10.0. The summed E-state index contributed by atoms with van der Waals surface area (Å²) < 4.78 is 5.96. The lowest BCUT2D eigenvalue weighted by Gasteiger charge is -2.32. The second-order valence-electron chi connectivity index (χ2n) is 7.66. The highest BCUT2D eigenvalue weighted by Crippen LogP contribution is 2.42. The van der Waals surface area contributed by atoms with Gasteiger partial charge in [0.25, 0.3) is 0 Å². The van der Waals surface area contributed by atoms with Crippen molar-refractivity contribution in [3.05, 3.63) is 28.8 Å². The standard InChI is InChI=1S/C20H24N4OS/c1-12-4-2-3-9-24(12)11-14-10-15-18(21)22-19(23-20(15)26-14)17-8-7-16(25-17)13-5-6-13/h7-8,10,12-13H,2-6,9,11H2,1H3,(H2,21,22,23)/t12-/m0/s1. The minimum atomic E-state index is 0.545. The van der Waals surface area contributed by atoms with Gasteiger partial charge < -0.3 is 10.2 Å². The molecule has 1 saturated carbocycles. The number of nitrogens with two attached hydrogens (primary N) is 1. The van der Waals surface area contributed by atoms with E-state index < -0.39 is 0 Å². The minimum Gasteiger partial charge on any atom is -0.457 e. The lowest BCUT2D eigenvalue weighted by molar-refractivity contribution is 0.154. The van der Waals surface area contributed by atoms with Crippen LogP contribution in [0.15, 0.2) is 22.6 Å². The van der Waals surface area contributed by atoms with E-state index in [0.717, 1.165) is 28.3 Å². The summed E-state index contributed by atoms with van der Waals surface area (Å²) in [6.07, 6.45) is 6.37. The second-order valence-corrected chi connectivity index (χ2v) is 8.77. The van der Waals surface area contributed by atoms with E-state index in [-0.39, 0.29) is 0 Å². The molecule has 3 aromatic heterocycles.